The van der Waals surface area contributed by atoms with E-state index in [0.29, 0.717) is 6.54 Å². The van der Waals surface area contributed by atoms with E-state index in [2.05, 4.69) is 0 Å². The Labute approximate surface area is 112 Å². The van der Waals surface area contributed by atoms with Gasteiger partial charge in [-0.25, -0.2) is 8.42 Å². The zero-order valence-electron chi connectivity index (χ0n) is 10.7. The van der Waals surface area contributed by atoms with Gasteiger partial charge >= 0.3 is 5.97 Å². The summed E-state index contributed by atoms with van der Waals surface area (Å²) in [5.41, 5.74) is 0.725. The highest BCUT2D eigenvalue weighted by atomic mass is 32.2. The number of benzene rings is 1. The number of hydrogen-bond donors (Lipinski definition) is 1. The lowest BCUT2D eigenvalue weighted by atomic mass is 10.0. The number of rotatable bonds is 4. The quantitative estimate of drug-likeness (QED) is 0.908. The highest BCUT2D eigenvalue weighted by Crippen LogP contribution is 2.32. The molecule has 1 N–H and O–H groups in total. The van der Waals surface area contributed by atoms with Crippen molar-refractivity contribution in [3.8, 4) is 0 Å². The van der Waals surface area contributed by atoms with E-state index in [9.17, 15) is 13.2 Å². The van der Waals surface area contributed by atoms with Crippen LogP contribution in [-0.4, -0.2) is 36.1 Å². The van der Waals surface area contributed by atoms with E-state index in [0.717, 1.165) is 5.56 Å². The molecule has 0 aromatic heterocycles. The van der Waals surface area contributed by atoms with Crippen molar-refractivity contribution in [1.29, 1.82) is 0 Å². The van der Waals surface area contributed by atoms with E-state index in [1.807, 2.05) is 13.0 Å². The SMILES string of the molecule is CC1CN(C(CC(=O)O)c2ccccc2)S(=O)(=O)C1. The Hall–Kier alpha value is -1.40. The molecule has 1 aliphatic rings. The fourth-order valence-electron chi connectivity index (χ4n) is 2.48. The van der Waals surface area contributed by atoms with Gasteiger partial charge in [0.1, 0.15) is 0 Å². The molecule has 2 atom stereocenters. The first-order chi connectivity index (χ1) is 8.90. The average molecular weight is 283 g/mol. The molecule has 5 nitrogen and oxygen atoms in total. The van der Waals surface area contributed by atoms with Crippen LogP contribution in [0.25, 0.3) is 0 Å². The number of aliphatic carboxylic acids is 1. The predicted molar refractivity (Wildman–Crippen MR) is 71.1 cm³/mol. The van der Waals surface area contributed by atoms with Crippen LogP contribution >= 0.6 is 0 Å². The lowest BCUT2D eigenvalue weighted by Gasteiger charge is -2.25. The molecule has 0 bridgehead atoms. The van der Waals surface area contributed by atoms with E-state index in [1.165, 1.54) is 4.31 Å². The van der Waals surface area contributed by atoms with Gasteiger partial charge in [-0.3, -0.25) is 4.79 Å². The molecule has 104 valence electrons. The summed E-state index contributed by atoms with van der Waals surface area (Å²) in [5.74, 6) is -0.871. The molecule has 1 aliphatic heterocycles. The first-order valence-electron chi connectivity index (χ1n) is 6.16. The summed E-state index contributed by atoms with van der Waals surface area (Å²) in [6.45, 7) is 2.25. The maximum Gasteiger partial charge on any atom is 0.305 e. The molecule has 19 heavy (non-hydrogen) atoms. The average Bonchev–Trinajstić information content (AvgIpc) is 2.60. The molecule has 0 amide bonds. The number of nitrogens with zero attached hydrogens (tertiary/aromatic N) is 1. The minimum atomic E-state index is -3.36. The van der Waals surface area contributed by atoms with Crippen LogP contribution in [0.1, 0.15) is 24.9 Å². The van der Waals surface area contributed by atoms with Crippen LogP contribution in [-0.2, 0) is 14.8 Å². The number of carbonyl (C=O) groups is 1. The number of hydrogen-bond acceptors (Lipinski definition) is 3. The third-order valence-corrected chi connectivity index (χ3v) is 5.35. The topological polar surface area (TPSA) is 74.7 Å². The van der Waals surface area contributed by atoms with Crippen LogP contribution in [0.15, 0.2) is 30.3 Å². The molecule has 1 aromatic rings. The second-order valence-corrected chi connectivity index (χ2v) is 6.94. The Morgan fingerprint density at radius 2 is 2.05 bits per heavy atom. The van der Waals surface area contributed by atoms with Crippen LogP contribution in [0.3, 0.4) is 0 Å². The van der Waals surface area contributed by atoms with Gasteiger partial charge in [0.25, 0.3) is 0 Å². The summed E-state index contributed by atoms with van der Waals surface area (Å²) in [6.07, 6.45) is -0.212. The fourth-order valence-corrected chi connectivity index (χ4v) is 4.56. The summed E-state index contributed by atoms with van der Waals surface area (Å²) in [7, 11) is -3.36. The first kappa shape index (κ1) is 14.0. The maximum absolute atomic E-state index is 12.1. The normalized spacial score (nSPS) is 24.2. The highest BCUT2D eigenvalue weighted by Gasteiger charge is 2.39. The summed E-state index contributed by atoms with van der Waals surface area (Å²) in [5, 5.41) is 9.02. The van der Waals surface area contributed by atoms with Crippen LogP contribution in [0.4, 0.5) is 0 Å². The monoisotopic (exact) mass is 283 g/mol. The Bertz CT molecular complexity index is 555. The first-order valence-corrected chi connectivity index (χ1v) is 7.77. The summed E-state index contributed by atoms with van der Waals surface area (Å²) < 4.78 is 25.5. The minimum absolute atomic E-state index is 0.0324. The summed E-state index contributed by atoms with van der Waals surface area (Å²) >= 11 is 0. The Morgan fingerprint density at radius 1 is 1.42 bits per heavy atom. The van der Waals surface area contributed by atoms with Crippen LogP contribution < -0.4 is 0 Å². The van der Waals surface area contributed by atoms with Gasteiger partial charge in [-0.15, -0.1) is 0 Å². The second-order valence-electron chi connectivity index (χ2n) is 4.98. The number of sulfonamides is 1. The fraction of sp³-hybridized carbons (Fsp3) is 0.462. The second kappa shape index (κ2) is 5.30. The van der Waals surface area contributed by atoms with Crippen LogP contribution in [0.2, 0.25) is 0 Å². The Morgan fingerprint density at radius 3 is 2.53 bits per heavy atom. The molecule has 1 aromatic carbocycles. The summed E-state index contributed by atoms with van der Waals surface area (Å²) in [6, 6.07) is 8.32. The molecular weight excluding hydrogens is 266 g/mol. The number of carboxylic acids is 1. The van der Waals surface area contributed by atoms with E-state index >= 15 is 0 Å². The van der Waals surface area contributed by atoms with E-state index < -0.39 is 22.0 Å². The number of carboxylic acid groups (broad SMARTS) is 1. The van der Waals surface area contributed by atoms with Gasteiger partial charge in [0.05, 0.1) is 18.2 Å². The van der Waals surface area contributed by atoms with Gasteiger partial charge in [-0.05, 0) is 11.5 Å². The molecule has 1 saturated heterocycles. The zero-order chi connectivity index (χ0) is 14.0. The minimum Gasteiger partial charge on any atom is -0.481 e. The largest absolute Gasteiger partial charge is 0.481 e. The van der Waals surface area contributed by atoms with Crippen molar-refractivity contribution in [2.45, 2.75) is 19.4 Å². The molecule has 2 rings (SSSR count). The summed E-state index contributed by atoms with van der Waals surface area (Å²) in [4.78, 5) is 11.0. The Kier molecular flexibility index (Phi) is 3.91. The maximum atomic E-state index is 12.1. The van der Waals surface area contributed by atoms with Gasteiger partial charge in [-0.1, -0.05) is 37.3 Å². The smallest absolute Gasteiger partial charge is 0.305 e. The third kappa shape index (κ3) is 3.13. The lowest BCUT2D eigenvalue weighted by molar-refractivity contribution is -0.138. The molecule has 0 saturated carbocycles. The van der Waals surface area contributed by atoms with Gasteiger partial charge in [0.2, 0.25) is 10.0 Å². The predicted octanol–water partition coefficient (Wildman–Crippen LogP) is 1.48. The van der Waals surface area contributed by atoms with Crippen molar-refractivity contribution >= 4 is 16.0 Å². The van der Waals surface area contributed by atoms with Crippen molar-refractivity contribution in [3.05, 3.63) is 35.9 Å². The highest BCUT2D eigenvalue weighted by molar-refractivity contribution is 7.89. The van der Waals surface area contributed by atoms with Crippen LogP contribution in [0, 0.1) is 5.92 Å². The molecule has 1 fully saturated rings. The Balaban J connectivity index is 2.36. The molecule has 1 heterocycles. The van der Waals surface area contributed by atoms with Gasteiger partial charge < -0.3 is 5.11 Å². The van der Waals surface area contributed by atoms with Crippen molar-refractivity contribution in [2.75, 3.05) is 12.3 Å². The lowest BCUT2D eigenvalue weighted by Crippen LogP contribution is -2.32. The molecule has 0 spiro atoms. The molecule has 0 aliphatic carbocycles. The van der Waals surface area contributed by atoms with Crippen molar-refractivity contribution < 1.29 is 18.3 Å². The van der Waals surface area contributed by atoms with Crippen LogP contribution in [0.5, 0.6) is 0 Å². The van der Waals surface area contributed by atoms with E-state index in [1.54, 1.807) is 24.3 Å². The van der Waals surface area contributed by atoms with Crippen molar-refractivity contribution in [1.82, 2.24) is 4.31 Å². The van der Waals surface area contributed by atoms with Gasteiger partial charge in [0.15, 0.2) is 0 Å². The molecule has 0 radical (unpaired) electrons. The van der Waals surface area contributed by atoms with Gasteiger partial charge in [0, 0.05) is 6.54 Å². The van der Waals surface area contributed by atoms with Crippen molar-refractivity contribution in [3.63, 3.8) is 0 Å². The van der Waals surface area contributed by atoms with Crippen molar-refractivity contribution in [2.24, 2.45) is 5.92 Å². The van der Waals surface area contributed by atoms with E-state index in [-0.39, 0.29) is 18.1 Å². The third-order valence-electron chi connectivity index (χ3n) is 3.24. The molecular formula is C13H17NO4S. The zero-order valence-corrected chi connectivity index (χ0v) is 11.5. The van der Waals surface area contributed by atoms with E-state index in [4.69, 9.17) is 5.11 Å². The molecule has 6 heteroatoms. The molecule has 2 unspecified atom stereocenters. The standard InChI is InChI=1S/C13H17NO4S/c1-10-8-14(19(17,18)9-10)12(7-13(15)16)11-5-3-2-4-6-11/h2-6,10,12H,7-9H2,1H3,(H,15,16). The van der Waals surface area contributed by atoms with Gasteiger partial charge in [-0.2, -0.15) is 4.31 Å².